The Morgan fingerprint density at radius 3 is 1.38 bits per heavy atom. The van der Waals surface area contributed by atoms with Gasteiger partial charge in [0, 0.05) is 13.1 Å². The molecule has 0 aliphatic heterocycles. The second-order valence-corrected chi connectivity index (χ2v) is 3.34. The standard InChI is InChI=1S/C12H14N2.2ClH/c13-7-9-5-6-10(8-14)12-4-2-1-3-11(9)12;;/h1-6H,7-8,13-14H2;2*1H. The van der Waals surface area contributed by atoms with Crippen LogP contribution in [0.4, 0.5) is 0 Å². The summed E-state index contributed by atoms with van der Waals surface area (Å²) in [6, 6.07) is 12.4. The Kier molecular flexibility index (Phi) is 6.38. The summed E-state index contributed by atoms with van der Waals surface area (Å²) >= 11 is 0. The van der Waals surface area contributed by atoms with E-state index in [2.05, 4.69) is 24.3 Å². The van der Waals surface area contributed by atoms with Crippen molar-refractivity contribution in [3.63, 3.8) is 0 Å². The highest BCUT2D eigenvalue weighted by Crippen LogP contribution is 2.22. The van der Waals surface area contributed by atoms with E-state index < -0.39 is 0 Å². The van der Waals surface area contributed by atoms with E-state index in [4.69, 9.17) is 11.5 Å². The lowest BCUT2D eigenvalue weighted by atomic mass is 10.00. The van der Waals surface area contributed by atoms with Crippen molar-refractivity contribution in [2.75, 3.05) is 0 Å². The summed E-state index contributed by atoms with van der Waals surface area (Å²) < 4.78 is 0. The summed E-state index contributed by atoms with van der Waals surface area (Å²) in [6.45, 7) is 1.15. The van der Waals surface area contributed by atoms with Gasteiger partial charge in [-0.05, 0) is 21.9 Å². The Bertz CT molecular complexity index is 415. The average molecular weight is 259 g/mol. The Morgan fingerprint density at radius 2 is 1.06 bits per heavy atom. The van der Waals surface area contributed by atoms with E-state index in [9.17, 15) is 0 Å². The van der Waals surface area contributed by atoms with Gasteiger partial charge in [-0.1, -0.05) is 36.4 Å². The molecule has 0 aliphatic rings. The molecule has 0 heterocycles. The van der Waals surface area contributed by atoms with Crippen LogP contribution in [0.25, 0.3) is 10.8 Å². The molecule has 0 fully saturated rings. The normalized spacial score (nSPS) is 9.38. The second kappa shape index (κ2) is 6.71. The van der Waals surface area contributed by atoms with Crippen molar-refractivity contribution in [1.82, 2.24) is 0 Å². The summed E-state index contributed by atoms with van der Waals surface area (Å²) in [6.07, 6.45) is 0. The van der Waals surface area contributed by atoms with Gasteiger partial charge in [0.05, 0.1) is 0 Å². The molecule has 4 N–H and O–H groups in total. The summed E-state index contributed by atoms with van der Waals surface area (Å²) in [7, 11) is 0. The highest BCUT2D eigenvalue weighted by molar-refractivity contribution is 5.88. The zero-order valence-corrected chi connectivity index (χ0v) is 10.5. The topological polar surface area (TPSA) is 52.0 Å². The third kappa shape index (κ3) is 2.66. The molecule has 88 valence electrons. The maximum Gasteiger partial charge on any atom is 0.0184 e. The molecular formula is C12H16Cl2N2. The van der Waals surface area contributed by atoms with Crippen LogP contribution in [0.1, 0.15) is 11.1 Å². The zero-order valence-electron chi connectivity index (χ0n) is 8.85. The van der Waals surface area contributed by atoms with Gasteiger partial charge < -0.3 is 11.5 Å². The minimum atomic E-state index is 0. The number of hydrogen-bond donors (Lipinski definition) is 2. The first kappa shape index (κ1) is 15.2. The van der Waals surface area contributed by atoms with E-state index in [1.54, 1.807) is 0 Å². The predicted octanol–water partition coefficient (Wildman–Crippen LogP) is 2.60. The Balaban J connectivity index is 0.00000112. The number of nitrogens with two attached hydrogens (primary N) is 2. The van der Waals surface area contributed by atoms with E-state index in [0.717, 1.165) is 0 Å². The summed E-state index contributed by atoms with van der Waals surface area (Å²) in [5.74, 6) is 0. The maximum atomic E-state index is 5.68. The summed E-state index contributed by atoms with van der Waals surface area (Å²) in [5, 5.41) is 2.44. The molecule has 0 aliphatic carbocycles. The fraction of sp³-hybridized carbons (Fsp3) is 0.167. The van der Waals surface area contributed by atoms with Crippen molar-refractivity contribution >= 4 is 35.6 Å². The third-order valence-corrected chi connectivity index (χ3v) is 2.54. The van der Waals surface area contributed by atoms with Gasteiger partial charge in [0.2, 0.25) is 0 Å². The van der Waals surface area contributed by atoms with Crippen LogP contribution in [0.15, 0.2) is 36.4 Å². The molecule has 16 heavy (non-hydrogen) atoms. The van der Waals surface area contributed by atoms with E-state index >= 15 is 0 Å². The van der Waals surface area contributed by atoms with Crippen LogP contribution in [0.5, 0.6) is 0 Å². The molecule has 0 atom stereocenters. The molecule has 2 nitrogen and oxygen atoms in total. The molecule has 0 spiro atoms. The van der Waals surface area contributed by atoms with Crippen LogP contribution < -0.4 is 11.5 Å². The van der Waals surface area contributed by atoms with Crippen molar-refractivity contribution < 1.29 is 0 Å². The highest BCUT2D eigenvalue weighted by atomic mass is 35.5. The fourth-order valence-corrected chi connectivity index (χ4v) is 1.78. The molecule has 0 amide bonds. The van der Waals surface area contributed by atoms with Crippen molar-refractivity contribution in [3.8, 4) is 0 Å². The number of fused-ring (bicyclic) bond motifs is 1. The summed E-state index contributed by atoms with van der Waals surface area (Å²) in [5.41, 5.74) is 13.7. The van der Waals surface area contributed by atoms with Crippen LogP contribution in [-0.2, 0) is 13.1 Å². The Labute approximate surface area is 108 Å². The SMILES string of the molecule is Cl.Cl.NCc1ccc(CN)c2ccccc12. The van der Waals surface area contributed by atoms with Gasteiger partial charge in [-0.25, -0.2) is 0 Å². The quantitative estimate of drug-likeness (QED) is 0.870. The summed E-state index contributed by atoms with van der Waals surface area (Å²) in [4.78, 5) is 0. The molecule has 0 radical (unpaired) electrons. The smallest absolute Gasteiger partial charge is 0.0184 e. The molecule has 4 heteroatoms. The fourth-order valence-electron chi connectivity index (χ4n) is 1.78. The van der Waals surface area contributed by atoms with Crippen LogP contribution in [0.3, 0.4) is 0 Å². The Hall–Kier alpha value is -0.800. The van der Waals surface area contributed by atoms with E-state index in [1.165, 1.54) is 21.9 Å². The molecular weight excluding hydrogens is 243 g/mol. The van der Waals surface area contributed by atoms with Crippen molar-refractivity contribution in [3.05, 3.63) is 47.5 Å². The molecule has 2 aromatic carbocycles. The molecule has 0 aromatic heterocycles. The number of hydrogen-bond acceptors (Lipinski definition) is 2. The highest BCUT2D eigenvalue weighted by Gasteiger charge is 2.02. The van der Waals surface area contributed by atoms with Gasteiger partial charge in [0.25, 0.3) is 0 Å². The van der Waals surface area contributed by atoms with Gasteiger partial charge in [0.1, 0.15) is 0 Å². The van der Waals surface area contributed by atoms with Gasteiger partial charge in [-0.2, -0.15) is 0 Å². The first-order chi connectivity index (χ1) is 6.86. The van der Waals surface area contributed by atoms with Crippen LogP contribution in [0.2, 0.25) is 0 Å². The number of rotatable bonds is 2. The van der Waals surface area contributed by atoms with Gasteiger partial charge in [-0.3, -0.25) is 0 Å². The lowest BCUT2D eigenvalue weighted by Crippen LogP contribution is -2.01. The zero-order chi connectivity index (χ0) is 9.97. The van der Waals surface area contributed by atoms with Crippen molar-refractivity contribution in [2.24, 2.45) is 11.5 Å². The van der Waals surface area contributed by atoms with E-state index in [1.807, 2.05) is 12.1 Å². The minimum Gasteiger partial charge on any atom is -0.326 e. The van der Waals surface area contributed by atoms with Crippen molar-refractivity contribution in [1.29, 1.82) is 0 Å². The predicted molar refractivity (Wildman–Crippen MR) is 74.2 cm³/mol. The molecule has 0 bridgehead atoms. The Morgan fingerprint density at radius 1 is 0.688 bits per heavy atom. The first-order valence-corrected chi connectivity index (χ1v) is 4.76. The van der Waals surface area contributed by atoms with Gasteiger partial charge in [0.15, 0.2) is 0 Å². The molecule has 0 saturated heterocycles. The second-order valence-electron chi connectivity index (χ2n) is 3.34. The van der Waals surface area contributed by atoms with E-state index in [-0.39, 0.29) is 24.8 Å². The molecule has 2 aromatic rings. The van der Waals surface area contributed by atoms with Crippen LogP contribution >= 0.6 is 24.8 Å². The lowest BCUT2D eigenvalue weighted by molar-refractivity contribution is 1.06. The largest absolute Gasteiger partial charge is 0.326 e. The number of benzene rings is 2. The minimum absolute atomic E-state index is 0. The third-order valence-electron chi connectivity index (χ3n) is 2.54. The van der Waals surface area contributed by atoms with Crippen LogP contribution in [-0.4, -0.2) is 0 Å². The molecule has 0 saturated carbocycles. The lowest BCUT2D eigenvalue weighted by Gasteiger charge is -2.08. The molecule has 2 rings (SSSR count). The van der Waals surface area contributed by atoms with Gasteiger partial charge >= 0.3 is 0 Å². The van der Waals surface area contributed by atoms with E-state index in [0.29, 0.717) is 13.1 Å². The monoisotopic (exact) mass is 258 g/mol. The van der Waals surface area contributed by atoms with Gasteiger partial charge in [-0.15, -0.1) is 24.8 Å². The van der Waals surface area contributed by atoms with Crippen molar-refractivity contribution in [2.45, 2.75) is 13.1 Å². The average Bonchev–Trinajstić information content (AvgIpc) is 2.27. The van der Waals surface area contributed by atoms with Crippen LogP contribution in [0, 0.1) is 0 Å². The number of halogens is 2. The molecule has 0 unspecified atom stereocenters. The first-order valence-electron chi connectivity index (χ1n) is 4.76. The maximum absolute atomic E-state index is 5.68.